The van der Waals surface area contributed by atoms with Gasteiger partial charge in [0.25, 0.3) is 0 Å². The van der Waals surface area contributed by atoms with Gasteiger partial charge in [-0.15, -0.1) is 0 Å². The molecule has 0 spiro atoms. The van der Waals surface area contributed by atoms with E-state index in [2.05, 4.69) is 18.7 Å². The zero-order valence-electron chi connectivity index (χ0n) is 12.6. The molecule has 2 saturated heterocycles. The first-order chi connectivity index (χ1) is 9.47. The molecule has 0 aromatic heterocycles. The standard InChI is InChI=1S/C13H26NOP.CH2O3/c1-3-5-9-12-13(16(12,15)4-2)14-10-7-6-8-11-14;2-1(3)4/h12-13H,3-11H2,1-2H3;(H2,2,3,4). The SMILES string of the molecule is CCCCC1C(N2CCCCC2)P1(=O)CC.O=C(O)O. The van der Waals surface area contributed by atoms with Crippen molar-refractivity contribution in [3.05, 3.63) is 0 Å². The number of carbonyl (C=O) groups is 1. The van der Waals surface area contributed by atoms with Gasteiger partial charge in [-0.05, 0) is 38.5 Å². The van der Waals surface area contributed by atoms with Crippen LogP contribution in [0.5, 0.6) is 0 Å². The Hall–Kier alpha value is -0.540. The van der Waals surface area contributed by atoms with Crippen molar-refractivity contribution in [3.63, 3.8) is 0 Å². The highest BCUT2D eigenvalue weighted by atomic mass is 31.2. The summed E-state index contributed by atoms with van der Waals surface area (Å²) in [5, 5.41) is 13.9. The minimum absolute atomic E-state index is 0.490. The van der Waals surface area contributed by atoms with Crippen LogP contribution in [0.1, 0.15) is 52.4 Å². The van der Waals surface area contributed by atoms with Crippen LogP contribution in [0, 0.1) is 0 Å². The van der Waals surface area contributed by atoms with Crippen molar-refractivity contribution in [2.45, 2.75) is 63.8 Å². The second-order valence-electron chi connectivity index (χ2n) is 5.67. The number of likely N-dealkylation sites (tertiary alicyclic amines) is 1. The molecule has 20 heavy (non-hydrogen) atoms. The minimum atomic E-state index is -1.83. The van der Waals surface area contributed by atoms with Gasteiger partial charge in [-0.1, -0.05) is 33.1 Å². The minimum Gasteiger partial charge on any atom is -0.450 e. The molecular weight excluding hydrogens is 277 g/mol. The molecule has 2 rings (SSSR count). The van der Waals surface area contributed by atoms with E-state index in [4.69, 9.17) is 15.0 Å². The highest BCUT2D eigenvalue weighted by Crippen LogP contribution is 2.76. The molecule has 6 heteroatoms. The highest BCUT2D eigenvalue weighted by molar-refractivity contribution is 7.73. The monoisotopic (exact) mass is 305 g/mol. The molecule has 2 fully saturated rings. The number of unbranched alkanes of at least 4 members (excludes halogenated alkanes) is 1. The Kier molecular flexibility index (Phi) is 7.04. The van der Waals surface area contributed by atoms with E-state index >= 15 is 0 Å². The molecule has 0 aromatic rings. The third-order valence-electron chi connectivity index (χ3n) is 4.38. The molecule has 2 aliphatic rings. The van der Waals surface area contributed by atoms with Crippen LogP contribution in [-0.2, 0) is 4.57 Å². The number of hydrogen-bond acceptors (Lipinski definition) is 3. The van der Waals surface area contributed by atoms with Gasteiger partial charge in [-0.2, -0.15) is 0 Å². The maximum atomic E-state index is 12.7. The van der Waals surface area contributed by atoms with Crippen molar-refractivity contribution >= 4 is 13.3 Å². The predicted octanol–water partition coefficient (Wildman–Crippen LogP) is 3.98. The summed E-state index contributed by atoms with van der Waals surface area (Å²) in [6.07, 6.45) is 6.83. The molecule has 0 saturated carbocycles. The van der Waals surface area contributed by atoms with E-state index in [1.54, 1.807) is 0 Å². The van der Waals surface area contributed by atoms with E-state index in [1.165, 1.54) is 51.6 Å². The molecule has 0 amide bonds. The molecule has 2 aliphatic heterocycles. The third-order valence-corrected chi connectivity index (χ3v) is 8.27. The lowest BCUT2D eigenvalue weighted by atomic mass is 10.1. The van der Waals surface area contributed by atoms with Gasteiger partial charge in [0, 0.05) is 5.66 Å². The summed E-state index contributed by atoms with van der Waals surface area (Å²) in [5.41, 5.74) is 0.565. The molecule has 2 heterocycles. The van der Waals surface area contributed by atoms with Gasteiger partial charge in [-0.3, -0.25) is 4.90 Å². The van der Waals surface area contributed by atoms with Crippen LogP contribution >= 0.6 is 7.14 Å². The average molecular weight is 305 g/mol. The van der Waals surface area contributed by atoms with E-state index in [1.807, 2.05) is 0 Å². The number of hydrogen-bond donors (Lipinski definition) is 2. The van der Waals surface area contributed by atoms with Crippen molar-refractivity contribution in [1.29, 1.82) is 0 Å². The second-order valence-corrected chi connectivity index (χ2v) is 9.21. The van der Waals surface area contributed by atoms with Crippen molar-refractivity contribution in [2.24, 2.45) is 0 Å². The summed E-state index contributed by atoms with van der Waals surface area (Å²) in [5.74, 6) is 0.490. The maximum Gasteiger partial charge on any atom is 0.503 e. The Labute approximate surface area is 121 Å². The number of nitrogens with zero attached hydrogens (tertiary/aromatic N) is 1. The molecule has 118 valence electrons. The van der Waals surface area contributed by atoms with Crippen molar-refractivity contribution in [3.8, 4) is 0 Å². The molecule has 5 nitrogen and oxygen atoms in total. The Morgan fingerprint density at radius 2 is 1.75 bits per heavy atom. The molecule has 2 N–H and O–H groups in total. The lowest BCUT2D eigenvalue weighted by Crippen LogP contribution is -2.33. The van der Waals surface area contributed by atoms with Crippen LogP contribution in [0.3, 0.4) is 0 Å². The predicted molar refractivity (Wildman–Crippen MR) is 81.3 cm³/mol. The average Bonchev–Trinajstić information content (AvgIpc) is 3.02. The van der Waals surface area contributed by atoms with Gasteiger partial charge in [0.05, 0.1) is 5.78 Å². The first-order valence-corrected chi connectivity index (χ1v) is 9.74. The van der Waals surface area contributed by atoms with Gasteiger partial charge in [0.1, 0.15) is 7.14 Å². The number of rotatable bonds is 5. The summed E-state index contributed by atoms with van der Waals surface area (Å²) in [6.45, 7) is 6.77. The van der Waals surface area contributed by atoms with Crippen molar-refractivity contribution < 1.29 is 19.6 Å². The fourth-order valence-corrected chi connectivity index (χ4v) is 7.17. The molecule has 3 unspecified atom stereocenters. The molecule has 0 radical (unpaired) electrons. The first kappa shape index (κ1) is 17.5. The lowest BCUT2D eigenvalue weighted by molar-refractivity contribution is 0.137. The summed E-state index contributed by atoms with van der Waals surface area (Å²) >= 11 is 0. The van der Waals surface area contributed by atoms with E-state index in [-0.39, 0.29) is 0 Å². The zero-order valence-corrected chi connectivity index (χ0v) is 13.5. The van der Waals surface area contributed by atoms with Crippen molar-refractivity contribution in [1.82, 2.24) is 4.90 Å². The van der Waals surface area contributed by atoms with Gasteiger partial charge >= 0.3 is 6.16 Å². The molecular formula is C14H28NO4P. The Balaban J connectivity index is 0.000000444. The van der Waals surface area contributed by atoms with Crippen LogP contribution in [0.4, 0.5) is 4.79 Å². The smallest absolute Gasteiger partial charge is 0.450 e. The van der Waals surface area contributed by atoms with Crippen molar-refractivity contribution in [2.75, 3.05) is 19.3 Å². The normalized spacial score (nSPS) is 33.1. The summed E-state index contributed by atoms with van der Waals surface area (Å²) in [7, 11) is -1.79. The van der Waals surface area contributed by atoms with Crippen LogP contribution in [0.2, 0.25) is 0 Å². The van der Waals surface area contributed by atoms with Gasteiger partial charge < -0.3 is 14.8 Å². The molecule has 0 bridgehead atoms. The molecule has 0 aliphatic carbocycles. The van der Waals surface area contributed by atoms with Crippen LogP contribution in [0.15, 0.2) is 0 Å². The molecule has 0 aromatic carbocycles. The van der Waals surface area contributed by atoms with Gasteiger partial charge in [0.15, 0.2) is 0 Å². The largest absolute Gasteiger partial charge is 0.503 e. The van der Waals surface area contributed by atoms with Gasteiger partial charge in [-0.25, -0.2) is 4.79 Å². The quantitative estimate of drug-likeness (QED) is 0.751. The third kappa shape index (κ3) is 4.49. The lowest BCUT2D eigenvalue weighted by Gasteiger charge is -2.26. The van der Waals surface area contributed by atoms with Gasteiger partial charge in [0.2, 0.25) is 0 Å². The number of piperidine rings is 1. The fraction of sp³-hybridized carbons (Fsp3) is 0.929. The number of carboxylic acid groups (broad SMARTS) is 2. The van der Waals surface area contributed by atoms with E-state index in [0.717, 1.165) is 6.16 Å². The Morgan fingerprint density at radius 3 is 2.20 bits per heavy atom. The fourth-order valence-electron chi connectivity index (χ4n) is 3.32. The van der Waals surface area contributed by atoms with Crippen LogP contribution in [-0.4, -0.2) is 52.0 Å². The van der Waals surface area contributed by atoms with E-state index in [9.17, 15) is 4.57 Å². The first-order valence-electron chi connectivity index (χ1n) is 7.71. The summed E-state index contributed by atoms with van der Waals surface area (Å²) in [4.78, 5) is 11.1. The Bertz CT molecular complexity index is 351. The topological polar surface area (TPSA) is 77.8 Å². The Morgan fingerprint density at radius 1 is 1.20 bits per heavy atom. The van der Waals surface area contributed by atoms with E-state index < -0.39 is 13.3 Å². The highest BCUT2D eigenvalue weighted by Gasteiger charge is 2.61. The summed E-state index contributed by atoms with van der Waals surface area (Å²) < 4.78 is 12.7. The maximum absolute atomic E-state index is 12.7. The van der Waals surface area contributed by atoms with Crippen LogP contribution in [0.25, 0.3) is 0 Å². The van der Waals surface area contributed by atoms with Crippen LogP contribution < -0.4 is 0 Å². The second kappa shape index (κ2) is 8.04. The van der Waals surface area contributed by atoms with E-state index in [0.29, 0.717) is 11.4 Å². The zero-order chi connectivity index (χ0) is 15.2. The molecule has 3 atom stereocenters. The summed E-state index contributed by atoms with van der Waals surface area (Å²) in [6, 6.07) is 0.